The molecule has 114 valence electrons. The van der Waals surface area contributed by atoms with Gasteiger partial charge in [0.1, 0.15) is 11.2 Å². The summed E-state index contributed by atoms with van der Waals surface area (Å²) in [4.78, 5) is 22.8. The first kappa shape index (κ1) is 15.4. The summed E-state index contributed by atoms with van der Waals surface area (Å²) in [5.41, 5.74) is 1.01. The summed E-state index contributed by atoms with van der Waals surface area (Å²) in [7, 11) is 0. The van der Waals surface area contributed by atoms with Crippen LogP contribution in [0.15, 0.2) is 18.2 Å². The van der Waals surface area contributed by atoms with Crippen molar-refractivity contribution >= 4 is 11.9 Å². The zero-order chi connectivity index (χ0) is 15.5. The Labute approximate surface area is 124 Å². The number of ether oxygens (including phenoxy) is 1. The second-order valence-electron chi connectivity index (χ2n) is 5.57. The highest BCUT2D eigenvalue weighted by molar-refractivity contribution is 6.04. The molecule has 1 aromatic rings. The van der Waals surface area contributed by atoms with E-state index in [9.17, 15) is 9.59 Å². The fourth-order valence-electron chi connectivity index (χ4n) is 2.31. The van der Waals surface area contributed by atoms with E-state index in [1.165, 1.54) is 0 Å². The van der Waals surface area contributed by atoms with Gasteiger partial charge in [-0.3, -0.25) is 9.59 Å². The van der Waals surface area contributed by atoms with E-state index in [0.29, 0.717) is 32.4 Å². The molecule has 0 radical (unpaired) electrons. The molecule has 2 rings (SSSR count). The Morgan fingerprint density at radius 2 is 1.90 bits per heavy atom. The van der Waals surface area contributed by atoms with Crippen LogP contribution in [0.5, 0.6) is 5.75 Å². The maximum Gasteiger partial charge on any atom is 0.319 e. The van der Waals surface area contributed by atoms with Crippen LogP contribution in [-0.2, 0) is 9.59 Å². The number of rotatable bonds is 7. The fourth-order valence-corrected chi connectivity index (χ4v) is 2.31. The Bertz CT molecular complexity index is 529. The van der Waals surface area contributed by atoms with E-state index in [2.05, 4.69) is 5.32 Å². The van der Waals surface area contributed by atoms with Crippen molar-refractivity contribution in [3.8, 4) is 5.75 Å². The topological polar surface area (TPSA) is 75.6 Å². The summed E-state index contributed by atoms with van der Waals surface area (Å²) >= 11 is 0. The summed E-state index contributed by atoms with van der Waals surface area (Å²) < 4.78 is 5.73. The Hall–Kier alpha value is -2.04. The average molecular weight is 291 g/mol. The number of amides is 1. The van der Waals surface area contributed by atoms with E-state index >= 15 is 0 Å². The SMILES string of the molecule is Cc1cccc(C)c1OCCCNC(=O)C1(C(=O)O)CC1. The third-order valence-corrected chi connectivity index (χ3v) is 3.86. The lowest BCUT2D eigenvalue weighted by Crippen LogP contribution is -2.37. The fraction of sp³-hybridized carbons (Fsp3) is 0.500. The molecular formula is C16H21NO4. The molecule has 1 aliphatic carbocycles. The molecule has 5 nitrogen and oxygen atoms in total. The van der Waals surface area contributed by atoms with Gasteiger partial charge in [-0.15, -0.1) is 0 Å². The van der Waals surface area contributed by atoms with Gasteiger partial charge in [0.2, 0.25) is 5.91 Å². The number of hydrogen-bond donors (Lipinski definition) is 2. The number of benzene rings is 1. The first-order valence-corrected chi connectivity index (χ1v) is 7.18. The molecule has 1 fully saturated rings. The normalized spacial score (nSPS) is 15.3. The number of carbonyl (C=O) groups is 2. The number of carbonyl (C=O) groups excluding carboxylic acids is 1. The van der Waals surface area contributed by atoms with Crippen LogP contribution in [0.4, 0.5) is 0 Å². The van der Waals surface area contributed by atoms with Gasteiger partial charge >= 0.3 is 5.97 Å². The summed E-state index contributed by atoms with van der Waals surface area (Å²) in [5, 5.41) is 11.7. The molecule has 1 saturated carbocycles. The zero-order valence-electron chi connectivity index (χ0n) is 12.4. The molecule has 21 heavy (non-hydrogen) atoms. The molecule has 0 heterocycles. The predicted octanol–water partition coefficient (Wildman–Crippen LogP) is 2.05. The van der Waals surface area contributed by atoms with Gasteiger partial charge < -0.3 is 15.2 Å². The van der Waals surface area contributed by atoms with Crippen molar-refractivity contribution in [1.29, 1.82) is 0 Å². The first-order chi connectivity index (χ1) is 9.97. The van der Waals surface area contributed by atoms with Gasteiger partial charge in [0.15, 0.2) is 0 Å². The maximum absolute atomic E-state index is 11.8. The molecule has 5 heteroatoms. The number of para-hydroxylation sites is 1. The van der Waals surface area contributed by atoms with Crippen molar-refractivity contribution in [2.45, 2.75) is 33.1 Å². The summed E-state index contributed by atoms with van der Waals surface area (Å²) in [5.74, 6) is -0.512. The molecule has 0 atom stereocenters. The standard InChI is InChI=1S/C16H21NO4/c1-11-5-3-6-12(2)13(11)21-10-4-9-17-14(18)16(7-8-16)15(19)20/h3,5-6H,4,7-10H2,1-2H3,(H,17,18)(H,19,20). The smallest absolute Gasteiger partial charge is 0.319 e. The van der Waals surface area contributed by atoms with Crippen LogP contribution in [0.3, 0.4) is 0 Å². The highest BCUT2D eigenvalue weighted by Crippen LogP contribution is 2.46. The summed E-state index contributed by atoms with van der Waals surface area (Å²) in [6.07, 6.45) is 1.52. The van der Waals surface area contributed by atoms with Crippen LogP contribution in [0.25, 0.3) is 0 Å². The number of hydrogen-bond acceptors (Lipinski definition) is 3. The predicted molar refractivity (Wildman–Crippen MR) is 78.3 cm³/mol. The van der Waals surface area contributed by atoms with Crippen molar-refractivity contribution < 1.29 is 19.4 Å². The largest absolute Gasteiger partial charge is 0.493 e. The molecule has 0 aliphatic heterocycles. The highest BCUT2D eigenvalue weighted by Gasteiger charge is 2.56. The lowest BCUT2D eigenvalue weighted by Gasteiger charge is -2.13. The lowest BCUT2D eigenvalue weighted by molar-refractivity contribution is -0.149. The van der Waals surface area contributed by atoms with Gasteiger partial charge in [-0.2, -0.15) is 0 Å². The number of carboxylic acid groups (broad SMARTS) is 1. The summed E-state index contributed by atoms with van der Waals surface area (Å²) in [6.45, 7) is 4.91. The highest BCUT2D eigenvalue weighted by atomic mass is 16.5. The van der Waals surface area contributed by atoms with Crippen LogP contribution in [-0.4, -0.2) is 30.1 Å². The van der Waals surface area contributed by atoms with E-state index < -0.39 is 11.4 Å². The van der Waals surface area contributed by atoms with E-state index in [1.807, 2.05) is 32.0 Å². The first-order valence-electron chi connectivity index (χ1n) is 7.18. The monoisotopic (exact) mass is 291 g/mol. The van der Waals surface area contributed by atoms with Crippen LogP contribution < -0.4 is 10.1 Å². The van der Waals surface area contributed by atoms with E-state index in [4.69, 9.17) is 9.84 Å². The Morgan fingerprint density at radius 1 is 1.29 bits per heavy atom. The van der Waals surface area contributed by atoms with E-state index in [1.54, 1.807) is 0 Å². The van der Waals surface area contributed by atoms with E-state index in [0.717, 1.165) is 16.9 Å². The Kier molecular flexibility index (Phi) is 4.50. The second-order valence-corrected chi connectivity index (χ2v) is 5.57. The van der Waals surface area contributed by atoms with Crippen molar-refractivity contribution in [2.24, 2.45) is 5.41 Å². The molecule has 0 aromatic heterocycles. The summed E-state index contributed by atoms with van der Waals surface area (Å²) in [6, 6.07) is 5.97. The van der Waals surface area contributed by atoms with Gasteiger partial charge in [-0.25, -0.2) is 0 Å². The van der Waals surface area contributed by atoms with Crippen LogP contribution in [0.1, 0.15) is 30.4 Å². The third kappa shape index (κ3) is 3.35. The van der Waals surface area contributed by atoms with Crippen molar-refractivity contribution in [2.75, 3.05) is 13.2 Å². The van der Waals surface area contributed by atoms with Crippen molar-refractivity contribution in [1.82, 2.24) is 5.32 Å². The molecule has 1 aromatic carbocycles. The van der Waals surface area contributed by atoms with Gasteiger partial charge in [0.25, 0.3) is 0 Å². The zero-order valence-corrected chi connectivity index (χ0v) is 12.4. The molecule has 0 spiro atoms. The van der Waals surface area contributed by atoms with Crippen LogP contribution >= 0.6 is 0 Å². The van der Waals surface area contributed by atoms with Gasteiger partial charge in [-0.05, 0) is 44.2 Å². The van der Waals surface area contributed by atoms with Crippen LogP contribution in [0.2, 0.25) is 0 Å². The quantitative estimate of drug-likeness (QED) is 0.595. The molecule has 2 N–H and O–H groups in total. The number of aryl methyl sites for hydroxylation is 2. The molecule has 0 saturated heterocycles. The van der Waals surface area contributed by atoms with E-state index in [-0.39, 0.29) is 5.91 Å². The number of nitrogens with one attached hydrogen (secondary N) is 1. The molecule has 0 unspecified atom stereocenters. The molecule has 1 amide bonds. The number of aliphatic carboxylic acids is 1. The molecular weight excluding hydrogens is 270 g/mol. The Morgan fingerprint density at radius 3 is 2.43 bits per heavy atom. The second kappa shape index (κ2) is 6.16. The van der Waals surface area contributed by atoms with Crippen molar-refractivity contribution in [3.05, 3.63) is 29.3 Å². The minimum atomic E-state index is -1.16. The third-order valence-electron chi connectivity index (χ3n) is 3.86. The minimum Gasteiger partial charge on any atom is -0.493 e. The maximum atomic E-state index is 11.8. The van der Waals surface area contributed by atoms with Crippen LogP contribution in [0, 0.1) is 19.3 Å². The average Bonchev–Trinajstić information content (AvgIpc) is 3.22. The number of carboxylic acids is 1. The molecule has 0 bridgehead atoms. The van der Waals surface area contributed by atoms with Gasteiger partial charge in [-0.1, -0.05) is 18.2 Å². The van der Waals surface area contributed by atoms with Gasteiger partial charge in [0, 0.05) is 6.54 Å². The van der Waals surface area contributed by atoms with Gasteiger partial charge in [0.05, 0.1) is 6.61 Å². The van der Waals surface area contributed by atoms with Crippen molar-refractivity contribution in [3.63, 3.8) is 0 Å². The minimum absolute atomic E-state index is 0.373. The molecule has 1 aliphatic rings. The lowest BCUT2D eigenvalue weighted by atomic mass is 10.1. The Balaban J connectivity index is 1.71.